The molecule has 1 N–H and O–H groups in total. The maximum absolute atomic E-state index is 13.3. The van der Waals surface area contributed by atoms with Crippen LogP contribution in [0.3, 0.4) is 0 Å². The van der Waals surface area contributed by atoms with Crippen LogP contribution in [0.2, 0.25) is 5.02 Å². The van der Waals surface area contributed by atoms with Gasteiger partial charge in [0.1, 0.15) is 0 Å². The predicted molar refractivity (Wildman–Crippen MR) is 147 cm³/mol. The minimum absolute atomic E-state index is 0.0813. The summed E-state index contributed by atoms with van der Waals surface area (Å²) >= 11 is 5.96. The molecule has 2 heterocycles. The molecule has 2 aromatic carbocycles. The Kier molecular flexibility index (Phi) is 9.28. The van der Waals surface area contributed by atoms with E-state index in [2.05, 4.69) is 10.2 Å². The molecule has 0 aliphatic carbocycles. The number of ether oxygens (including phenoxy) is 1. The van der Waals surface area contributed by atoms with E-state index in [0.717, 1.165) is 12.1 Å². The molecule has 3 amide bonds. The van der Waals surface area contributed by atoms with Crippen molar-refractivity contribution in [2.45, 2.75) is 39.0 Å². The lowest BCUT2D eigenvalue weighted by Gasteiger charge is -2.43. The number of esters is 1. The van der Waals surface area contributed by atoms with Gasteiger partial charge in [0, 0.05) is 55.0 Å². The number of nitrogens with zero attached hydrogens (tertiary/aromatic N) is 3. The highest BCUT2D eigenvalue weighted by atomic mass is 35.5. The van der Waals surface area contributed by atoms with Crippen molar-refractivity contribution in [2.24, 2.45) is 0 Å². The number of alkyl halides is 3. The number of amides is 3. The van der Waals surface area contributed by atoms with Gasteiger partial charge in [0.25, 0.3) is 5.91 Å². The van der Waals surface area contributed by atoms with Crippen molar-refractivity contribution in [2.75, 3.05) is 39.3 Å². The Morgan fingerprint density at radius 1 is 1.05 bits per heavy atom. The Labute approximate surface area is 241 Å². The zero-order valence-corrected chi connectivity index (χ0v) is 23.8. The van der Waals surface area contributed by atoms with Crippen molar-refractivity contribution in [3.05, 3.63) is 81.5 Å². The molecule has 2 atom stereocenters. The Balaban J connectivity index is 1.63. The summed E-state index contributed by atoms with van der Waals surface area (Å²) in [5.41, 5.74) is 0.613. The molecule has 4 rings (SSSR count). The normalized spacial score (nSPS) is 20.2. The minimum atomic E-state index is -4.52. The van der Waals surface area contributed by atoms with Crippen LogP contribution in [0.15, 0.2) is 59.8 Å². The van der Waals surface area contributed by atoms with Gasteiger partial charge in [-0.25, -0.2) is 9.59 Å². The summed E-state index contributed by atoms with van der Waals surface area (Å²) in [6.45, 7) is 7.28. The number of nitrogens with one attached hydrogen (secondary N) is 1. The molecular formula is C29H32ClF3N4O4. The average Bonchev–Trinajstić information content (AvgIpc) is 2.93. The quantitative estimate of drug-likeness (QED) is 0.452. The smallest absolute Gasteiger partial charge is 0.416 e. The van der Waals surface area contributed by atoms with Crippen LogP contribution in [-0.2, 0) is 15.7 Å². The molecule has 0 radical (unpaired) electrons. The first kappa shape index (κ1) is 30.4. The van der Waals surface area contributed by atoms with Crippen LogP contribution in [0.25, 0.3) is 0 Å². The van der Waals surface area contributed by atoms with Gasteiger partial charge in [0.05, 0.1) is 23.8 Å². The first-order valence-electron chi connectivity index (χ1n) is 13.4. The lowest BCUT2D eigenvalue weighted by atomic mass is 9.93. The fourth-order valence-corrected chi connectivity index (χ4v) is 5.35. The number of hydrogen-bond donors (Lipinski definition) is 1. The van der Waals surface area contributed by atoms with Crippen LogP contribution in [0.4, 0.5) is 18.0 Å². The lowest BCUT2D eigenvalue weighted by Crippen LogP contribution is -2.56. The fraction of sp³-hybridized carbons (Fsp3) is 0.414. The van der Waals surface area contributed by atoms with E-state index in [9.17, 15) is 27.6 Å². The Bertz CT molecular complexity index is 1310. The molecule has 2 aromatic rings. The third-order valence-electron chi connectivity index (χ3n) is 7.26. The highest BCUT2D eigenvalue weighted by molar-refractivity contribution is 6.30. The largest absolute Gasteiger partial charge is 0.463 e. The van der Waals surface area contributed by atoms with E-state index in [1.54, 1.807) is 43.0 Å². The topological polar surface area (TPSA) is 82.2 Å². The standard InChI is InChI=1S/C29H32ClF3N4O4/c1-4-36-23(17-35-14-15-37(18(3)16-35)26(38)20-8-12-22(30)13-9-20)24(27(39)41-5-2)25(34-28(36)40)19-6-10-21(11-7-19)29(31,32)33/h6-13,18,25H,4-5,14-17H2,1-3H3,(H,34,40)/t18-,25-/m1/s1. The molecule has 2 aliphatic heterocycles. The van der Waals surface area contributed by atoms with Crippen LogP contribution in [0, 0.1) is 0 Å². The number of likely N-dealkylation sites (N-methyl/N-ethyl adjacent to an activating group) is 1. The van der Waals surface area contributed by atoms with Crippen molar-refractivity contribution in [3.8, 4) is 0 Å². The number of piperazine rings is 1. The molecule has 12 heteroatoms. The lowest BCUT2D eigenvalue weighted by molar-refractivity contribution is -0.139. The molecule has 0 spiro atoms. The van der Waals surface area contributed by atoms with Gasteiger partial charge in [-0.3, -0.25) is 14.6 Å². The highest BCUT2D eigenvalue weighted by Gasteiger charge is 2.40. The fourth-order valence-electron chi connectivity index (χ4n) is 5.22. The first-order chi connectivity index (χ1) is 19.4. The Morgan fingerprint density at radius 3 is 2.27 bits per heavy atom. The number of benzene rings is 2. The SMILES string of the molecule is CCOC(=O)C1=C(CN2CCN(C(=O)c3ccc(Cl)cc3)[C@H](C)C2)N(CC)C(=O)N[C@@H]1c1ccc(C(F)(F)F)cc1. The van der Waals surface area contributed by atoms with Crippen molar-refractivity contribution in [1.82, 2.24) is 20.0 Å². The van der Waals surface area contributed by atoms with Gasteiger partial charge >= 0.3 is 18.2 Å². The van der Waals surface area contributed by atoms with Crippen molar-refractivity contribution in [3.63, 3.8) is 0 Å². The molecule has 2 aliphatic rings. The number of rotatable bonds is 7. The summed E-state index contributed by atoms with van der Waals surface area (Å²) in [6.07, 6.45) is -4.52. The summed E-state index contributed by atoms with van der Waals surface area (Å²) in [7, 11) is 0. The van der Waals surface area contributed by atoms with Gasteiger partial charge in [0.15, 0.2) is 0 Å². The zero-order valence-electron chi connectivity index (χ0n) is 23.0. The Hall–Kier alpha value is -3.57. The zero-order chi connectivity index (χ0) is 29.9. The van der Waals surface area contributed by atoms with Gasteiger partial charge < -0.3 is 15.0 Å². The van der Waals surface area contributed by atoms with Gasteiger partial charge in [0.2, 0.25) is 0 Å². The first-order valence-corrected chi connectivity index (χ1v) is 13.8. The van der Waals surface area contributed by atoms with E-state index >= 15 is 0 Å². The molecule has 0 aromatic heterocycles. The predicted octanol–water partition coefficient (Wildman–Crippen LogP) is 5.11. The van der Waals surface area contributed by atoms with E-state index in [1.165, 1.54) is 17.0 Å². The number of hydrogen-bond acceptors (Lipinski definition) is 5. The van der Waals surface area contributed by atoms with Gasteiger partial charge in [-0.05, 0) is 62.7 Å². The summed E-state index contributed by atoms with van der Waals surface area (Å²) in [5, 5.41) is 3.31. The summed E-state index contributed by atoms with van der Waals surface area (Å²) < 4.78 is 44.9. The molecule has 0 bridgehead atoms. The van der Waals surface area contributed by atoms with E-state index in [1.807, 2.05) is 6.92 Å². The molecule has 1 fully saturated rings. The third-order valence-corrected chi connectivity index (χ3v) is 7.51. The second-order valence-corrected chi connectivity index (χ2v) is 10.4. The monoisotopic (exact) mass is 592 g/mol. The second kappa shape index (κ2) is 12.5. The third kappa shape index (κ3) is 6.68. The molecule has 0 saturated carbocycles. The molecule has 1 saturated heterocycles. The Morgan fingerprint density at radius 2 is 1.71 bits per heavy atom. The van der Waals surface area contributed by atoms with Crippen LogP contribution < -0.4 is 5.32 Å². The minimum Gasteiger partial charge on any atom is -0.463 e. The molecule has 220 valence electrons. The highest BCUT2D eigenvalue weighted by Crippen LogP contribution is 2.35. The van der Waals surface area contributed by atoms with Crippen molar-refractivity contribution < 1.29 is 32.3 Å². The van der Waals surface area contributed by atoms with Crippen LogP contribution in [-0.4, -0.2) is 78.0 Å². The van der Waals surface area contributed by atoms with Gasteiger partial charge in [-0.15, -0.1) is 0 Å². The summed E-state index contributed by atoms with van der Waals surface area (Å²) in [6, 6.07) is 9.43. The van der Waals surface area contributed by atoms with Crippen LogP contribution in [0.5, 0.6) is 0 Å². The summed E-state index contributed by atoms with van der Waals surface area (Å²) in [4.78, 5) is 44.9. The van der Waals surface area contributed by atoms with Crippen LogP contribution >= 0.6 is 11.6 Å². The van der Waals surface area contributed by atoms with Gasteiger partial charge in [-0.2, -0.15) is 13.2 Å². The molecule has 8 nitrogen and oxygen atoms in total. The summed E-state index contributed by atoms with van der Waals surface area (Å²) in [5.74, 6) is -0.773. The van der Waals surface area contributed by atoms with E-state index < -0.39 is 29.8 Å². The maximum Gasteiger partial charge on any atom is 0.416 e. The second-order valence-electron chi connectivity index (χ2n) is 9.92. The molecular weight excluding hydrogens is 561 g/mol. The number of carbonyl (C=O) groups excluding carboxylic acids is 3. The van der Waals surface area contributed by atoms with E-state index in [-0.39, 0.29) is 37.2 Å². The molecule has 0 unspecified atom stereocenters. The van der Waals surface area contributed by atoms with Crippen molar-refractivity contribution >= 4 is 29.5 Å². The van der Waals surface area contributed by atoms with E-state index in [0.29, 0.717) is 41.5 Å². The number of urea groups is 1. The van der Waals surface area contributed by atoms with Gasteiger partial charge in [-0.1, -0.05) is 23.7 Å². The van der Waals surface area contributed by atoms with Crippen LogP contribution in [0.1, 0.15) is 48.3 Å². The van der Waals surface area contributed by atoms with Crippen molar-refractivity contribution in [1.29, 1.82) is 0 Å². The maximum atomic E-state index is 13.3. The molecule has 41 heavy (non-hydrogen) atoms. The van der Waals surface area contributed by atoms with E-state index in [4.69, 9.17) is 16.3 Å². The average molecular weight is 593 g/mol. The number of carbonyl (C=O) groups is 3. The number of halogens is 4.